The molecule has 0 atom stereocenters. The van der Waals surface area contributed by atoms with Crippen LogP contribution in [0.4, 0.5) is 5.69 Å². The zero-order valence-electron chi connectivity index (χ0n) is 11.4. The Morgan fingerprint density at radius 2 is 1.75 bits per heavy atom. The molecule has 0 saturated carbocycles. The molecule has 0 amide bonds. The Labute approximate surface area is 127 Å². The molecule has 2 aromatic carbocycles. The Kier molecular flexibility index (Phi) is 3.53. The fraction of sp³-hybridized carbons (Fsp3) is 0.176. The second-order valence-electron chi connectivity index (χ2n) is 5.02. The first kappa shape index (κ1) is 13.3. The molecule has 0 radical (unpaired) electrons. The first-order chi connectivity index (χ1) is 9.68. The highest BCUT2D eigenvalue weighted by molar-refractivity contribution is 9.10. The third kappa shape index (κ3) is 2.22. The summed E-state index contributed by atoms with van der Waals surface area (Å²) in [4.78, 5) is 0. The molecule has 0 aliphatic carbocycles. The van der Waals surface area contributed by atoms with Crippen LogP contribution in [0.15, 0.2) is 53.0 Å². The fourth-order valence-electron chi connectivity index (χ4n) is 2.67. The van der Waals surface area contributed by atoms with E-state index in [0.717, 1.165) is 18.7 Å². The molecular weight excluding hydrogens is 312 g/mol. The molecule has 0 unspecified atom stereocenters. The van der Waals surface area contributed by atoms with Crippen LogP contribution >= 0.6 is 15.9 Å². The van der Waals surface area contributed by atoms with E-state index in [0.29, 0.717) is 0 Å². The molecule has 3 rings (SSSR count). The van der Waals surface area contributed by atoms with Crippen molar-refractivity contribution in [3.8, 4) is 0 Å². The van der Waals surface area contributed by atoms with Gasteiger partial charge in [0.2, 0.25) is 0 Å². The van der Waals surface area contributed by atoms with Crippen molar-refractivity contribution >= 4 is 32.5 Å². The van der Waals surface area contributed by atoms with E-state index in [1.807, 2.05) is 18.2 Å². The van der Waals surface area contributed by atoms with Crippen molar-refractivity contribution < 1.29 is 0 Å². The molecule has 0 fully saturated rings. The number of fused-ring (bicyclic) bond motifs is 1. The quantitative estimate of drug-likeness (QED) is 0.703. The summed E-state index contributed by atoms with van der Waals surface area (Å²) in [5.74, 6) is 0. The summed E-state index contributed by atoms with van der Waals surface area (Å²) in [6.07, 6.45) is 0.943. The molecule has 1 aromatic heterocycles. The molecule has 0 bridgehead atoms. The van der Waals surface area contributed by atoms with Crippen molar-refractivity contribution in [3.05, 3.63) is 64.3 Å². The Balaban J connectivity index is 1.96. The molecule has 3 aromatic rings. The maximum atomic E-state index is 6.02. The highest BCUT2D eigenvalue weighted by Crippen LogP contribution is 2.30. The summed E-state index contributed by atoms with van der Waals surface area (Å²) in [6.45, 7) is 3.09. The van der Waals surface area contributed by atoms with Crippen molar-refractivity contribution in [3.63, 3.8) is 0 Å². The van der Waals surface area contributed by atoms with Gasteiger partial charge >= 0.3 is 0 Å². The van der Waals surface area contributed by atoms with Crippen LogP contribution in [0.2, 0.25) is 0 Å². The predicted molar refractivity (Wildman–Crippen MR) is 88.9 cm³/mol. The van der Waals surface area contributed by atoms with Crippen molar-refractivity contribution in [2.45, 2.75) is 19.9 Å². The normalized spacial score (nSPS) is 11.1. The summed E-state index contributed by atoms with van der Waals surface area (Å²) < 4.78 is 3.54. The van der Waals surface area contributed by atoms with Crippen LogP contribution in [-0.2, 0) is 13.0 Å². The fourth-order valence-corrected chi connectivity index (χ4v) is 3.22. The van der Waals surface area contributed by atoms with Crippen LogP contribution in [0.5, 0.6) is 0 Å². The molecule has 0 spiro atoms. The van der Waals surface area contributed by atoms with Gasteiger partial charge in [-0.1, -0.05) is 36.4 Å². The van der Waals surface area contributed by atoms with Crippen molar-refractivity contribution in [1.29, 1.82) is 0 Å². The molecule has 2 N–H and O–H groups in total. The van der Waals surface area contributed by atoms with E-state index in [-0.39, 0.29) is 0 Å². The number of para-hydroxylation sites is 2. The molecule has 2 nitrogen and oxygen atoms in total. The maximum Gasteiger partial charge on any atom is 0.0494 e. The van der Waals surface area contributed by atoms with Gasteiger partial charge in [-0.25, -0.2) is 0 Å². The maximum absolute atomic E-state index is 6.02. The lowest BCUT2D eigenvalue weighted by Crippen LogP contribution is -2.04. The summed E-state index contributed by atoms with van der Waals surface area (Å²) in [6, 6.07) is 16.6. The minimum Gasteiger partial charge on any atom is -0.399 e. The third-order valence-corrected chi connectivity index (χ3v) is 4.81. The summed E-state index contributed by atoms with van der Waals surface area (Å²) in [5, 5.41) is 1.27. The van der Waals surface area contributed by atoms with Crippen molar-refractivity contribution in [2.24, 2.45) is 0 Å². The lowest BCUT2D eigenvalue weighted by molar-refractivity contribution is 0.703. The minimum atomic E-state index is 0.876. The van der Waals surface area contributed by atoms with Gasteiger partial charge in [-0.3, -0.25) is 0 Å². The van der Waals surface area contributed by atoms with E-state index in [1.165, 1.54) is 26.6 Å². The number of nitrogens with zero attached hydrogens (tertiary/aromatic N) is 1. The molecule has 0 aliphatic rings. The first-order valence-corrected chi connectivity index (χ1v) is 7.54. The predicted octanol–water partition coefficient (Wildman–Crippen LogP) is 4.54. The Hall–Kier alpha value is -1.74. The molecule has 3 heteroatoms. The highest BCUT2D eigenvalue weighted by atomic mass is 79.9. The highest BCUT2D eigenvalue weighted by Gasteiger charge is 2.11. The summed E-state index contributed by atoms with van der Waals surface area (Å²) in [5.41, 5.74) is 10.6. The topological polar surface area (TPSA) is 30.9 Å². The van der Waals surface area contributed by atoms with Gasteiger partial charge in [-0.2, -0.15) is 0 Å². The average Bonchev–Trinajstić information content (AvgIpc) is 2.71. The molecule has 0 aliphatic heterocycles. The van der Waals surface area contributed by atoms with Gasteiger partial charge in [0.05, 0.1) is 0 Å². The van der Waals surface area contributed by atoms with Gasteiger partial charge in [-0.05, 0) is 47.0 Å². The number of halogens is 1. The van der Waals surface area contributed by atoms with Crippen LogP contribution in [-0.4, -0.2) is 4.57 Å². The van der Waals surface area contributed by atoms with E-state index < -0.39 is 0 Å². The first-order valence-electron chi connectivity index (χ1n) is 6.75. The van der Waals surface area contributed by atoms with Gasteiger partial charge < -0.3 is 10.3 Å². The molecule has 20 heavy (non-hydrogen) atoms. The molecule has 1 heterocycles. The second kappa shape index (κ2) is 5.33. The van der Waals surface area contributed by atoms with E-state index >= 15 is 0 Å². The lowest BCUT2D eigenvalue weighted by atomic mass is 10.1. The number of rotatable bonds is 3. The van der Waals surface area contributed by atoms with Crippen molar-refractivity contribution in [2.75, 3.05) is 5.73 Å². The Morgan fingerprint density at radius 1 is 1.05 bits per heavy atom. The lowest BCUT2D eigenvalue weighted by Gasteiger charge is -2.10. The van der Waals surface area contributed by atoms with Crippen LogP contribution in [0.3, 0.4) is 0 Å². The van der Waals surface area contributed by atoms with Gasteiger partial charge in [0.1, 0.15) is 0 Å². The standard InChI is InChI=1S/C17H17BrN2/c1-12-17(18)14-7-3-5-9-16(14)20(12)11-10-13-6-2-4-8-15(13)19/h2-9H,10-11,19H2,1H3. The van der Waals surface area contributed by atoms with E-state index in [1.54, 1.807) is 0 Å². The summed E-state index contributed by atoms with van der Waals surface area (Å²) >= 11 is 3.70. The zero-order chi connectivity index (χ0) is 14.1. The average molecular weight is 329 g/mol. The minimum absolute atomic E-state index is 0.876. The van der Waals surface area contributed by atoms with Crippen LogP contribution in [0, 0.1) is 6.92 Å². The van der Waals surface area contributed by atoms with Crippen LogP contribution in [0.25, 0.3) is 10.9 Å². The van der Waals surface area contributed by atoms with Gasteiger partial charge in [0, 0.05) is 33.3 Å². The monoisotopic (exact) mass is 328 g/mol. The Morgan fingerprint density at radius 3 is 2.55 bits per heavy atom. The molecular formula is C17H17BrN2. The number of nitrogen functional groups attached to an aromatic ring is 1. The van der Waals surface area contributed by atoms with Crippen LogP contribution < -0.4 is 5.73 Å². The number of nitrogens with two attached hydrogens (primary N) is 1. The number of anilines is 1. The number of hydrogen-bond donors (Lipinski definition) is 1. The van der Waals surface area contributed by atoms with Gasteiger partial charge in [-0.15, -0.1) is 0 Å². The number of aromatic nitrogens is 1. The van der Waals surface area contributed by atoms with E-state index in [4.69, 9.17) is 5.73 Å². The Bertz CT molecular complexity index is 759. The van der Waals surface area contributed by atoms with Gasteiger partial charge in [0.25, 0.3) is 0 Å². The van der Waals surface area contributed by atoms with E-state index in [9.17, 15) is 0 Å². The van der Waals surface area contributed by atoms with Crippen molar-refractivity contribution in [1.82, 2.24) is 4.57 Å². The van der Waals surface area contributed by atoms with E-state index in [2.05, 4.69) is 57.8 Å². The second-order valence-corrected chi connectivity index (χ2v) is 5.81. The number of hydrogen-bond acceptors (Lipinski definition) is 1. The molecule has 102 valence electrons. The zero-order valence-corrected chi connectivity index (χ0v) is 13.0. The van der Waals surface area contributed by atoms with Crippen LogP contribution in [0.1, 0.15) is 11.3 Å². The number of benzene rings is 2. The SMILES string of the molecule is Cc1c(Br)c2ccccc2n1CCc1ccccc1N. The number of aryl methyl sites for hydroxylation is 2. The molecule has 0 saturated heterocycles. The summed E-state index contributed by atoms with van der Waals surface area (Å²) in [7, 11) is 0. The smallest absolute Gasteiger partial charge is 0.0494 e. The van der Waals surface area contributed by atoms with Gasteiger partial charge in [0.15, 0.2) is 0 Å². The largest absolute Gasteiger partial charge is 0.399 e. The third-order valence-electron chi connectivity index (χ3n) is 3.81.